The highest BCUT2D eigenvalue weighted by Gasteiger charge is 1.98. The van der Waals surface area contributed by atoms with E-state index in [1.165, 1.54) is 0 Å². The van der Waals surface area contributed by atoms with E-state index in [1.807, 2.05) is 19.9 Å². The Balaban J connectivity index is 2.42. The molecule has 78 valence electrons. The van der Waals surface area contributed by atoms with Crippen molar-refractivity contribution >= 4 is 11.5 Å². The van der Waals surface area contributed by atoms with Gasteiger partial charge in [-0.1, -0.05) is 0 Å². The molecule has 14 heavy (non-hydrogen) atoms. The Kier molecular flexibility index (Phi) is 4.19. The fourth-order valence-corrected chi connectivity index (χ4v) is 1.13. The number of nitrogens with zero attached hydrogens (tertiary/aromatic N) is 1. The lowest BCUT2D eigenvalue weighted by Gasteiger charge is -2.08. The predicted molar refractivity (Wildman–Crippen MR) is 58.4 cm³/mol. The van der Waals surface area contributed by atoms with Crippen molar-refractivity contribution in [2.45, 2.75) is 13.8 Å². The van der Waals surface area contributed by atoms with Crippen LogP contribution in [0, 0.1) is 6.92 Å². The van der Waals surface area contributed by atoms with Gasteiger partial charge in [0.2, 0.25) is 0 Å². The van der Waals surface area contributed by atoms with Crippen molar-refractivity contribution in [2.75, 3.05) is 30.8 Å². The van der Waals surface area contributed by atoms with E-state index >= 15 is 0 Å². The normalized spacial score (nSPS) is 10.1. The van der Waals surface area contributed by atoms with E-state index in [9.17, 15) is 0 Å². The van der Waals surface area contributed by atoms with Gasteiger partial charge in [-0.3, -0.25) is 0 Å². The summed E-state index contributed by atoms with van der Waals surface area (Å²) < 4.78 is 5.19. The fraction of sp³-hybridized carbons (Fsp3) is 0.500. The van der Waals surface area contributed by atoms with Crippen LogP contribution in [0.2, 0.25) is 0 Å². The molecule has 1 aromatic rings. The van der Waals surface area contributed by atoms with Gasteiger partial charge in [-0.05, 0) is 25.5 Å². The van der Waals surface area contributed by atoms with Crippen LogP contribution in [-0.4, -0.2) is 24.7 Å². The maximum Gasteiger partial charge on any atom is 0.149 e. The quantitative estimate of drug-likeness (QED) is 0.698. The lowest BCUT2D eigenvalue weighted by Crippen LogP contribution is -2.11. The fourth-order valence-electron chi connectivity index (χ4n) is 1.13. The number of hydrogen-bond donors (Lipinski definition) is 2. The van der Waals surface area contributed by atoms with Crippen molar-refractivity contribution < 1.29 is 4.74 Å². The number of rotatable bonds is 5. The summed E-state index contributed by atoms with van der Waals surface area (Å²) in [6.45, 7) is 6.07. The minimum absolute atomic E-state index is 0.672. The zero-order valence-corrected chi connectivity index (χ0v) is 8.71. The van der Waals surface area contributed by atoms with E-state index in [0.29, 0.717) is 12.3 Å². The molecule has 0 fully saturated rings. The Bertz CT molecular complexity index is 289. The first-order valence-corrected chi connectivity index (χ1v) is 4.77. The van der Waals surface area contributed by atoms with Gasteiger partial charge in [0.05, 0.1) is 12.3 Å². The second-order valence-electron chi connectivity index (χ2n) is 3.07. The first-order valence-electron chi connectivity index (χ1n) is 4.77. The molecule has 1 aromatic heterocycles. The molecule has 0 saturated heterocycles. The molecule has 4 nitrogen and oxygen atoms in total. The van der Waals surface area contributed by atoms with Crippen LogP contribution < -0.4 is 11.1 Å². The number of nitrogen functional groups attached to an aromatic ring is 1. The van der Waals surface area contributed by atoms with E-state index < -0.39 is 0 Å². The van der Waals surface area contributed by atoms with Crippen LogP contribution >= 0.6 is 0 Å². The Morgan fingerprint density at radius 3 is 3.00 bits per heavy atom. The molecule has 0 aliphatic rings. The zero-order chi connectivity index (χ0) is 10.4. The summed E-state index contributed by atoms with van der Waals surface area (Å²) in [4.78, 5) is 4.18. The molecule has 0 unspecified atom stereocenters. The summed E-state index contributed by atoms with van der Waals surface area (Å²) in [5, 5.41) is 3.11. The van der Waals surface area contributed by atoms with Crippen molar-refractivity contribution in [3.05, 3.63) is 17.8 Å². The molecule has 0 spiro atoms. The summed E-state index contributed by atoms with van der Waals surface area (Å²) in [6.07, 6.45) is 1.79. The monoisotopic (exact) mass is 195 g/mol. The van der Waals surface area contributed by atoms with E-state index in [4.69, 9.17) is 10.5 Å². The molecule has 0 radical (unpaired) electrons. The average Bonchev–Trinajstić information content (AvgIpc) is 2.15. The summed E-state index contributed by atoms with van der Waals surface area (Å²) >= 11 is 0. The van der Waals surface area contributed by atoms with Crippen LogP contribution in [0.15, 0.2) is 12.3 Å². The summed E-state index contributed by atoms with van der Waals surface area (Å²) in [5.74, 6) is 0.732. The van der Waals surface area contributed by atoms with Gasteiger partial charge in [0.15, 0.2) is 0 Å². The van der Waals surface area contributed by atoms with Crippen molar-refractivity contribution in [3.8, 4) is 0 Å². The lowest BCUT2D eigenvalue weighted by molar-refractivity contribution is 0.158. The van der Waals surface area contributed by atoms with E-state index in [0.717, 1.165) is 24.5 Å². The van der Waals surface area contributed by atoms with Crippen LogP contribution in [0.3, 0.4) is 0 Å². The molecule has 3 N–H and O–H groups in total. The molecule has 0 atom stereocenters. The number of nitrogens with one attached hydrogen (secondary N) is 1. The van der Waals surface area contributed by atoms with Gasteiger partial charge in [-0.15, -0.1) is 0 Å². The van der Waals surface area contributed by atoms with Gasteiger partial charge < -0.3 is 15.8 Å². The van der Waals surface area contributed by atoms with Gasteiger partial charge in [0, 0.05) is 19.3 Å². The number of aromatic nitrogens is 1. The van der Waals surface area contributed by atoms with E-state index in [1.54, 1.807) is 6.20 Å². The lowest BCUT2D eigenvalue weighted by atomic mass is 10.3. The highest BCUT2D eigenvalue weighted by Crippen LogP contribution is 2.14. The van der Waals surface area contributed by atoms with Gasteiger partial charge in [-0.2, -0.15) is 0 Å². The highest BCUT2D eigenvalue weighted by atomic mass is 16.5. The minimum Gasteiger partial charge on any atom is -0.396 e. The summed E-state index contributed by atoms with van der Waals surface area (Å²) in [6, 6.07) is 1.90. The molecule has 0 saturated carbocycles. The first kappa shape index (κ1) is 10.8. The minimum atomic E-state index is 0.672. The number of ether oxygens (including phenoxy) is 1. The summed E-state index contributed by atoms with van der Waals surface area (Å²) in [5.41, 5.74) is 7.52. The molecular weight excluding hydrogens is 178 g/mol. The maximum atomic E-state index is 5.77. The number of hydrogen-bond acceptors (Lipinski definition) is 4. The van der Waals surface area contributed by atoms with Crippen LogP contribution in [0.1, 0.15) is 12.5 Å². The molecule has 0 bridgehead atoms. The molecule has 0 aliphatic carbocycles. The molecule has 4 heteroatoms. The molecule has 0 aliphatic heterocycles. The Labute approximate surface area is 84.5 Å². The van der Waals surface area contributed by atoms with Crippen LogP contribution in [0.5, 0.6) is 0 Å². The standard InChI is InChI=1S/C10H17N3O/c1-3-14-5-4-12-10-9(11)6-8(2)7-13-10/h6-7H,3-5,11H2,1-2H3,(H,12,13). The van der Waals surface area contributed by atoms with Crippen LogP contribution in [0.4, 0.5) is 11.5 Å². The van der Waals surface area contributed by atoms with Crippen LogP contribution in [-0.2, 0) is 4.74 Å². The van der Waals surface area contributed by atoms with Crippen molar-refractivity contribution in [1.82, 2.24) is 4.98 Å². The Morgan fingerprint density at radius 2 is 2.36 bits per heavy atom. The Morgan fingerprint density at radius 1 is 1.57 bits per heavy atom. The smallest absolute Gasteiger partial charge is 0.149 e. The first-order chi connectivity index (χ1) is 6.74. The average molecular weight is 195 g/mol. The van der Waals surface area contributed by atoms with Gasteiger partial charge in [0.25, 0.3) is 0 Å². The molecule has 1 rings (SSSR count). The largest absolute Gasteiger partial charge is 0.396 e. The van der Waals surface area contributed by atoms with Crippen molar-refractivity contribution in [1.29, 1.82) is 0 Å². The molecule has 1 heterocycles. The SMILES string of the molecule is CCOCCNc1ncc(C)cc1N. The molecule has 0 amide bonds. The van der Waals surface area contributed by atoms with Gasteiger partial charge in [-0.25, -0.2) is 4.98 Å². The predicted octanol–water partition coefficient (Wildman–Crippen LogP) is 1.42. The molecule has 0 aromatic carbocycles. The molecular formula is C10H17N3O. The van der Waals surface area contributed by atoms with Gasteiger partial charge >= 0.3 is 0 Å². The third-order valence-corrected chi connectivity index (χ3v) is 1.80. The zero-order valence-electron chi connectivity index (χ0n) is 8.71. The summed E-state index contributed by atoms with van der Waals surface area (Å²) in [7, 11) is 0. The highest BCUT2D eigenvalue weighted by molar-refractivity contribution is 5.61. The van der Waals surface area contributed by atoms with E-state index in [2.05, 4.69) is 10.3 Å². The third-order valence-electron chi connectivity index (χ3n) is 1.80. The Hall–Kier alpha value is -1.29. The second-order valence-corrected chi connectivity index (χ2v) is 3.07. The second kappa shape index (κ2) is 5.44. The number of pyridine rings is 1. The van der Waals surface area contributed by atoms with Crippen LogP contribution in [0.25, 0.3) is 0 Å². The maximum absolute atomic E-state index is 5.77. The number of nitrogens with two attached hydrogens (primary N) is 1. The number of anilines is 2. The number of aryl methyl sites for hydroxylation is 1. The van der Waals surface area contributed by atoms with E-state index in [-0.39, 0.29) is 0 Å². The van der Waals surface area contributed by atoms with Gasteiger partial charge in [0.1, 0.15) is 5.82 Å². The van der Waals surface area contributed by atoms with Crippen molar-refractivity contribution in [3.63, 3.8) is 0 Å². The van der Waals surface area contributed by atoms with Crippen molar-refractivity contribution in [2.24, 2.45) is 0 Å². The topological polar surface area (TPSA) is 60.2 Å². The third kappa shape index (κ3) is 3.22.